The summed E-state index contributed by atoms with van der Waals surface area (Å²) in [4.78, 5) is 30.9. The Morgan fingerprint density at radius 3 is 2.39 bits per heavy atom. The largest absolute Gasteiger partial charge is 0.497 e. The molecule has 2 heterocycles. The molecule has 1 saturated carbocycles. The van der Waals surface area contributed by atoms with E-state index in [2.05, 4.69) is 5.32 Å². The smallest absolute Gasteiger partial charge is 0.248 e. The highest BCUT2D eigenvalue weighted by molar-refractivity contribution is 7.10. The summed E-state index contributed by atoms with van der Waals surface area (Å²) >= 11 is 3.08. The summed E-state index contributed by atoms with van der Waals surface area (Å²) in [7, 11) is 1.63. The topological polar surface area (TPSA) is 58.6 Å². The highest BCUT2D eigenvalue weighted by Crippen LogP contribution is 2.30. The van der Waals surface area contributed by atoms with Gasteiger partial charge in [-0.15, -0.1) is 22.7 Å². The Kier molecular flexibility index (Phi) is 8.18. The number of benzene rings is 1. The summed E-state index contributed by atoms with van der Waals surface area (Å²) in [6, 6.07) is 15.0. The molecule has 0 bridgehead atoms. The Balaban J connectivity index is 1.63. The number of nitrogens with one attached hydrogen (secondary N) is 1. The number of carbonyl (C=O) groups is 2. The molecule has 2 amide bonds. The van der Waals surface area contributed by atoms with Crippen LogP contribution in [0.1, 0.15) is 53.5 Å². The minimum Gasteiger partial charge on any atom is -0.497 e. The van der Waals surface area contributed by atoms with Gasteiger partial charge in [-0.2, -0.15) is 0 Å². The molecule has 1 fully saturated rings. The lowest BCUT2D eigenvalue weighted by Gasteiger charge is -2.33. The molecule has 5 nitrogen and oxygen atoms in total. The van der Waals surface area contributed by atoms with E-state index < -0.39 is 6.04 Å². The fourth-order valence-corrected chi connectivity index (χ4v) is 5.84. The van der Waals surface area contributed by atoms with Gasteiger partial charge in [-0.05, 0) is 53.4 Å². The van der Waals surface area contributed by atoms with Crippen LogP contribution in [0, 0.1) is 0 Å². The summed E-state index contributed by atoms with van der Waals surface area (Å²) in [5, 5.41) is 7.20. The average Bonchev–Trinajstić information content (AvgIpc) is 3.54. The Morgan fingerprint density at radius 2 is 1.76 bits per heavy atom. The van der Waals surface area contributed by atoms with Gasteiger partial charge >= 0.3 is 0 Å². The Morgan fingerprint density at radius 1 is 1.03 bits per heavy atom. The van der Waals surface area contributed by atoms with Gasteiger partial charge in [0.1, 0.15) is 11.8 Å². The molecule has 1 atom stereocenters. The van der Waals surface area contributed by atoms with Crippen molar-refractivity contribution >= 4 is 34.5 Å². The number of thiophene rings is 2. The zero-order valence-corrected chi connectivity index (χ0v) is 20.5. The maximum atomic E-state index is 13.6. The highest BCUT2D eigenvalue weighted by atomic mass is 32.1. The highest BCUT2D eigenvalue weighted by Gasteiger charge is 2.33. The van der Waals surface area contributed by atoms with Crippen LogP contribution in [0.2, 0.25) is 0 Å². The number of carbonyl (C=O) groups excluding carboxylic acids is 2. The molecule has 4 rings (SSSR count). The molecular formula is C26H30N2O3S2. The molecular weight excluding hydrogens is 452 g/mol. The standard InChI is InChI=1S/C26H30N2O3S2/c1-31-21-13-11-19(12-14-21)18-28(24(29)17-22-9-5-15-32-22)25(23-10-6-16-33-23)26(30)27-20-7-3-2-4-8-20/h5-6,9-16,20,25H,2-4,7-8,17-18H2,1H3,(H,27,30)/t25-/m1/s1. The molecule has 0 spiro atoms. The van der Waals surface area contributed by atoms with Gasteiger partial charge in [0.2, 0.25) is 11.8 Å². The van der Waals surface area contributed by atoms with Crippen LogP contribution in [-0.2, 0) is 22.6 Å². The Bertz CT molecular complexity index is 1010. The molecule has 3 aromatic rings. The van der Waals surface area contributed by atoms with Gasteiger partial charge in [0.25, 0.3) is 0 Å². The lowest BCUT2D eigenvalue weighted by atomic mass is 9.95. The lowest BCUT2D eigenvalue weighted by Crippen LogP contribution is -2.47. The fraction of sp³-hybridized carbons (Fsp3) is 0.385. The molecule has 1 aliphatic carbocycles. The van der Waals surface area contributed by atoms with E-state index in [1.807, 2.05) is 59.3 Å². The zero-order chi connectivity index (χ0) is 23.0. The lowest BCUT2D eigenvalue weighted by molar-refractivity contribution is -0.141. The average molecular weight is 483 g/mol. The van der Waals surface area contributed by atoms with E-state index in [1.54, 1.807) is 23.3 Å². The first-order chi connectivity index (χ1) is 16.1. The Labute approximate surface area is 203 Å². The minimum atomic E-state index is -0.651. The van der Waals surface area contributed by atoms with Crippen LogP contribution in [-0.4, -0.2) is 29.9 Å². The van der Waals surface area contributed by atoms with E-state index in [0.717, 1.165) is 46.8 Å². The predicted molar refractivity (Wildman–Crippen MR) is 134 cm³/mol. The quantitative estimate of drug-likeness (QED) is 0.433. The van der Waals surface area contributed by atoms with E-state index in [0.29, 0.717) is 6.54 Å². The predicted octanol–water partition coefficient (Wildman–Crippen LogP) is 5.58. The van der Waals surface area contributed by atoms with Crippen molar-refractivity contribution in [2.24, 2.45) is 0 Å². The van der Waals surface area contributed by atoms with Crippen LogP contribution in [0.4, 0.5) is 0 Å². The zero-order valence-electron chi connectivity index (χ0n) is 18.9. The van der Waals surface area contributed by atoms with E-state index in [-0.39, 0.29) is 24.3 Å². The van der Waals surface area contributed by atoms with Crippen molar-refractivity contribution < 1.29 is 14.3 Å². The van der Waals surface area contributed by atoms with Crippen molar-refractivity contribution in [3.05, 3.63) is 74.6 Å². The number of hydrogen-bond donors (Lipinski definition) is 1. The first kappa shape index (κ1) is 23.5. The summed E-state index contributed by atoms with van der Waals surface area (Å²) in [6.45, 7) is 0.356. The first-order valence-electron chi connectivity index (χ1n) is 11.4. The van der Waals surface area contributed by atoms with Crippen LogP contribution < -0.4 is 10.1 Å². The van der Waals surface area contributed by atoms with Crippen LogP contribution in [0.15, 0.2) is 59.3 Å². The minimum absolute atomic E-state index is 0.0505. The molecule has 33 heavy (non-hydrogen) atoms. The second kappa shape index (κ2) is 11.5. The van der Waals surface area contributed by atoms with Crippen molar-refractivity contribution in [1.82, 2.24) is 10.2 Å². The molecule has 0 unspecified atom stereocenters. The van der Waals surface area contributed by atoms with Crippen molar-refractivity contribution in [2.45, 2.75) is 57.2 Å². The van der Waals surface area contributed by atoms with E-state index >= 15 is 0 Å². The second-order valence-electron chi connectivity index (χ2n) is 8.39. The number of ether oxygens (including phenoxy) is 1. The molecule has 0 aliphatic heterocycles. The van der Waals surface area contributed by atoms with Gasteiger partial charge in [-0.1, -0.05) is 43.5 Å². The van der Waals surface area contributed by atoms with Crippen LogP contribution >= 0.6 is 22.7 Å². The molecule has 1 aromatic carbocycles. The van der Waals surface area contributed by atoms with E-state index in [9.17, 15) is 9.59 Å². The van der Waals surface area contributed by atoms with Gasteiger partial charge < -0.3 is 15.0 Å². The van der Waals surface area contributed by atoms with Gasteiger partial charge in [-0.25, -0.2) is 0 Å². The molecule has 7 heteroatoms. The van der Waals surface area contributed by atoms with E-state index in [4.69, 9.17) is 4.74 Å². The van der Waals surface area contributed by atoms with Gasteiger partial charge in [0.05, 0.1) is 13.5 Å². The SMILES string of the molecule is COc1ccc(CN(C(=O)Cc2cccs2)[C@@H](C(=O)NC2CCCCC2)c2cccs2)cc1. The third kappa shape index (κ3) is 6.24. The number of rotatable bonds is 9. The number of nitrogens with zero attached hydrogens (tertiary/aromatic N) is 1. The molecule has 174 valence electrons. The van der Waals surface area contributed by atoms with E-state index in [1.165, 1.54) is 17.8 Å². The summed E-state index contributed by atoms with van der Waals surface area (Å²) in [6.07, 6.45) is 5.80. The maximum Gasteiger partial charge on any atom is 0.248 e. The summed E-state index contributed by atoms with van der Waals surface area (Å²) < 4.78 is 5.28. The van der Waals surface area contributed by atoms with Crippen molar-refractivity contribution in [1.29, 1.82) is 0 Å². The van der Waals surface area contributed by atoms with Gasteiger partial charge in [0, 0.05) is 22.3 Å². The second-order valence-corrected chi connectivity index (χ2v) is 10.4. The van der Waals surface area contributed by atoms with Gasteiger partial charge in [0.15, 0.2) is 0 Å². The summed E-state index contributed by atoms with van der Waals surface area (Å²) in [5.74, 6) is 0.628. The van der Waals surface area contributed by atoms with Crippen molar-refractivity contribution in [3.63, 3.8) is 0 Å². The number of amides is 2. The van der Waals surface area contributed by atoms with Gasteiger partial charge in [-0.3, -0.25) is 9.59 Å². The Hall–Kier alpha value is -2.64. The number of hydrogen-bond acceptors (Lipinski definition) is 5. The molecule has 0 radical (unpaired) electrons. The molecule has 1 N–H and O–H groups in total. The fourth-order valence-electron chi connectivity index (χ4n) is 4.31. The van der Waals surface area contributed by atoms with Crippen LogP contribution in [0.25, 0.3) is 0 Å². The van der Waals surface area contributed by atoms with Crippen molar-refractivity contribution in [3.8, 4) is 5.75 Å². The molecule has 2 aromatic heterocycles. The van der Waals surface area contributed by atoms with Crippen LogP contribution in [0.5, 0.6) is 5.75 Å². The molecule has 0 saturated heterocycles. The third-order valence-corrected chi connectivity index (χ3v) is 7.86. The molecule has 1 aliphatic rings. The van der Waals surface area contributed by atoms with Crippen molar-refractivity contribution in [2.75, 3.05) is 7.11 Å². The maximum absolute atomic E-state index is 13.6. The monoisotopic (exact) mass is 482 g/mol. The van der Waals surface area contributed by atoms with Crippen LogP contribution in [0.3, 0.4) is 0 Å². The normalized spacial score (nSPS) is 15.1. The third-order valence-electron chi connectivity index (χ3n) is 6.06. The number of methoxy groups -OCH3 is 1. The first-order valence-corrected chi connectivity index (χ1v) is 13.2. The summed E-state index contributed by atoms with van der Waals surface area (Å²) in [5.41, 5.74) is 0.961.